The highest BCUT2D eigenvalue weighted by molar-refractivity contribution is 5.95. The van der Waals surface area contributed by atoms with E-state index in [1.165, 1.54) is 18.5 Å². The Kier molecular flexibility index (Phi) is 4.19. The van der Waals surface area contributed by atoms with Gasteiger partial charge >= 0.3 is 0 Å². The molecule has 0 spiro atoms. The van der Waals surface area contributed by atoms with E-state index >= 15 is 0 Å². The van der Waals surface area contributed by atoms with E-state index in [0.717, 1.165) is 27.7 Å². The molecule has 0 amide bonds. The monoisotopic (exact) mass is 364 g/mol. The van der Waals surface area contributed by atoms with Crippen LogP contribution in [0.5, 0.6) is 11.5 Å². The highest BCUT2D eigenvalue weighted by Gasteiger charge is 2.18. The summed E-state index contributed by atoms with van der Waals surface area (Å²) in [5.41, 5.74) is 2.54. The van der Waals surface area contributed by atoms with Gasteiger partial charge in [-0.3, -0.25) is 4.57 Å². The maximum Gasteiger partial charge on any atom is 0.255 e. The fourth-order valence-corrected chi connectivity index (χ4v) is 3.24. The minimum Gasteiger partial charge on any atom is -0.493 e. The molecule has 7 heteroatoms. The Bertz CT molecular complexity index is 1110. The molecule has 4 rings (SSSR count). The first-order chi connectivity index (χ1) is 13.1. The van der Waals surface area contributed by atoms with E-state index in [1.54, 1.807) is 26.4 Å². The molecule has 0 aliphatic heterocycles. The summed E-state index contributed by atoms with van der Waals surface area (Å²) < 4.78 is 26.3. The lowest BCUT2D eigenvalue weighted by Crippen LogP contribution is -2.39. The van der Waals surface area contributed by atoms with Crippen molar-refractivity contribution in [3.05, 3.63) is 60.3 Å². The summed E-state index contributed by atoms with van der Waals surface area (Å²) in [6.45, 7) is 1.96. The lowest BCUT2D eigenvalue weighted by Gasteiger charge is -2.19. The standard InChI is InChI=1S/C20H17FN4O2/c1-12-8-14-9-17(26-2)18(27-3)10-16(14)19(13-4-6-15(21)7-5-13)25(12)20-22-11-23-24-20/h4-11H,1-3H3. The molecule has 4 aromatic rings. The van der Waals surface area contributed by atoms with Gasteiger partial charge in [0.25, 0.3) is 5.95 Å². The van der Waals surface area contributed by atoms with Gasteiger partial charge in [-0.25, -0.2) is 4.39 Å². The molecule has 27 heavy (non-hydrogen) atoms. The van der Waals surface area contributed by atoms with E-state index in [9.17, 15) is 4.39 Å². The Morgan fingerprint density at radius 3 is 2.33 bits per heavy atom. The number of aryl methyl sites for hydroxylation is 1. The topological polar surface area (TPSA) is 62.2 Å². The molecule has 0 fully saturated rings. The predicted octanol–water partition coefficient (Wildman–Crippen LogP) is 3.00. The van der Waals surface area contributed by atoms with Crippen molar-refractivity contribution in [1.82, 2.24) is 15.2 Å². The van der Waals surface area contributed by atoms with Crippen LogP contribution in [0.2, 0.25) is 0 Å². The van der Waals surface area contributed by atoms with Gasteiger partial charge in [0.2, 0.25) is 0 Å². The van der Waals surface area contributed by atoms with Gasteiger partial charge in [0.05, 0.1) is 19.9 Å². The number of halogens is 1. The Balaban J connectivity index is 2.14. The van der Waals surface area contributed by atoms with Crippen LogP contribution in [0.4, 0.5) is 4.39 Å². The van der Waals surface area contributed by atoms with Gasteiger partial charge < -0.3 is 9.47 Å². The molecular formula is C20H17FN4O2. The van der Waals surface area contributed by atoms with E-state index < -0.39 is 0 Å². The SMILES string of the molecule is COc1cc2cc(C)[n+](-c3nnc[n-]3)c(-c3ccc(F)cc3)c2cc1OC. The summed E-state index contributed by atoms with van der Waals surface area (Å²) in [6.07, 6.45) is 1.40. The number of hydrogen-bond acceptors (Lipinski definition) is 4. The van der Waals surface area contributed by atoms with Crippen molar-refractivity contribution >= 4 is 10.8 Å². The molecule has 6 nitrogen and oxygen atoms in total. The summed E-state index contributed by atoms with van der Waals surface area (Å²) in [7, 11) is 3.19. The number of hydrogen-bond donors (Lipinski definition) is 0. The van der Waals surface area contributed by atoms with Crippen LogP contribution in [0.25, 0.3) is 28.0 Å². The van der Waals surface area contributed by atoms with E-state index in [1.807, 2.05) is 29.7 Å². The summed E-state index contributed by atoms with van der Waals surface area (Å²) >= 11 is 0. The molecule has 0 N–H and O–H groups in total. The minimum absolute atomic E-state index is 0.298. The van der Waals surface area contributed by atoms with Crippen molar-refractivity contribution in [3.63, 3.8) is 0 Å². The van der Waals surface area contributed by atoms with E-state index in [2.05, 4.69) is 15.2 Å². The highest BCUT2D eigenvalue weighted by atomic mass is 19.1. The van der Waals surface area contributed by atoms with Crippen LogP contribution >= 0.6 is 0 Å². The van der Waals surface area contributed by atoms with Crippen molar-refractivity contribution < 1.29 is 18.4 Å². The summed E-state index contributed by atoms with van der Waals surface area (Å²) in [4.78, 5) is 4.24. The van der Waals surface area contributed by atoms with Crippen molar-refractivity contribution in [3.8, 4) is 28.7 Å². The summed E-state index contributed by atoms with van der Waals surface area (Å²) in [5, 5.41) is 9.81. The second-order valence-electron chi connectivity index (χ2n) is 6.03. The zero-order valence-electron chi connectivity index (χ0n) is 15.1. The number of methoxy groups -OCH3 is 2. The summed E-state index contributed by atoms with van der Waals surface area (Å²) in [6, 6.07) is 12.2. The van der Waals surface area contributed by atoms with Crippen molar-refractivity contribution in [1.29, 1.82) is 0 Å². The second-order valence-corrected chi connectivity index (χ2v) is 6.03. The molecule has 0 radical (unpaired) electrons. The van der Waals surface area contributed by atoms with E-state index in [-0.39, 0.29) is 5.82 Å². The van der Waals surface area contributed by atoms with E-state index in [4.69, 9.17) is 9.47 Å². The molecular weight excluding hydrogens is 347 g/mol. The number of fused-ring (bicyclic) bond motifs is 1. The number of benzene rings is 2. The van der Waals surface area contributed by atoms with Gasteiger partial charge in [-0.1, -0.05) is 0 Å². The normalized spacial score (nSPS) is 11.0. The maximum absolute atomic E-state index is 13.5. The number of pyridine rings is 1. The maximum atomic E-state index is 13.5. The van der Waals surface area contributed by atoms with Gasteiger partial charge in [-0.05, 0) is 60.3 Å². The van der Waals surface area contributed by atoms with Crippen LogP contribution in [0.3, 0.4) is 0 Å². The van der Waals surface area contributed by atoms with Gasteiger partial charge in [-0.2, -0.15) is 4.98 Å². The molecule has 2 heterocycles. The number of ether oxygens (including phenoxy) is 2. The number of nitrogens with zero attached hydrogens (tertiary/aromatic N) is 4. The molecule has 0 unspecified atom stereocenters. The van der Waals surface area contributed by atoms with Gasteiger partial charge in [0, 0.05) is 11.1 Å². The van der Waals surface area contributed by atoms with Crippen molar-refractivity contribution in [2.24, 2.45) is 0 Å². The van der Waals surface area contributed by atoms with Crippen LogP contribution in [-0.2, 0) is 0 Å². The molecule has 0 aliphatic rings. The fourth-order valence-electron chi connectivity index (χ4n) is 3.24. The number of rotatable bonds is 4. The Labute approximate surface area is 155 Å². The van der Waals surface area contributed by atoms with Crippen LogP contribution in [0.1, 0.15) is 5.69 Å². The minimum atomic E-state index is -0.298. The first-order valence-corrected chi connectivity index (χ1v) is 8.30. The quantitative estimate of drug-likeness (QED) is 0.521. The Morgan fingerprint density at radius 1 is 1.00 bits per heavy atom. The Morgan fingerprint density at radius 2 is 1.70 bits per heavy atom. The smallest absolute Gasteiger partial charge is 0.255 e. The lowest BCUT2D eigenvalue weighted by atomic mass is 10.0. The fraction of sp³-hybridized carbons (Fsp3) is 0.150. The molecule has 2 aromatic heterocycles. The average molecular weight is 364 g/mol. The number of aromatic nitrogens is 4. The molecule has 136 valence electrons. The third-order valence-electron chi connectivity index (χ3n) is 4.44. The van der Waals surface area contributed by atoms with E-state index in [0.29, 0.717) is 17.4 Å². The van der Waals surface area contributed by atoms with Gasteiger partial charge in [0.15, 0.2) is 11.5 Å². The molecule has 0 bridgehead atoms. The third-order valence-corrected chi connectivity index (χ3v) is 4.44. The van der Waals surface area contributed by atoms with Crippen molar-refractivity contribution in [2.75, 3.05) is 14.2 Å². The molecule has 0 aliphatic carbocycles. The largest absolute Gasteiger partial charge is 0.493 e. The molecule has 0 atom stereocenters. The molecule has 0 saturated heterocycles. The van der Waals surface area contributed by atoms with Crippen LogP contribution < -0.4 is 19.0 Å². The lowest BCUT2D eigenvalue weighted by molar-refractivity contribution is -0.597. The Hall–Kier alpha value is -3.48. The zero-order chi connectivity index (χ0) is 19.0. The van der Waals surface area contributed by atoms with Crippen molar-refractivity contribution in [2.45, 2.75) is 6.92 Å². The average Bonchev–Trinajstić information content (AvgIpc) is 3.21. The molecule has 2 aromatic carbocycles. The third kappa shape index (κ3) is 2.87. The first-order valence-electron chi connectivity index (χ1n) is 8.30. The van der Waals surface area contributed by atoms with Crippen LogP contribution in [0.15, 0.2) is 48.8 Å². The van der Waals surface area contributed by atoms with Gasteiger partial charge in [0.1, 0.15) is 12.1 Å². The summed E-state index contributed by atoms with van der Waals surface area (Å²) in [5.74, 6) is 1.39. The van der Waals surface area contributed by atoms with Crippen LogP contribution in [-0.4, -0.2) is 24.4 Å². The molecule has 0 saturated carbocycles. The second kappa shape index (κ2) is 6.68. The predicted molar refractivity (Wildman–Crippen MR) is 97.6 cm³/mol. The van der Waals surface area contributed by atoms with Gasteiger partial charge in [-0.15, -0.1) is 10.2 Å². The highest BCUT2D eigenvalue weighted by Crippen LogP contribution is 2.36. The zero-order valence-corrected chi connectivity index (χ0v) is 15.1. The van der Waals surface area contributed by atoms with Crippen LogP contribution in [0, 0.1) is 12.7 Å². The first kappa shape index (κ1) is 17.0.